The number of nitrogens with zero attached hydrogens (tertiary/aromatic N) is 4. The Hall–Kier alpha value is -3.88. The van der Waals surface area contributed by atoms with Crippen molar-refractivity contribution < 1.29 is 14.3 Å². The van der Waals surface area contributed by atoms with Gasteiger partial charge in [-0.3, -0.25) is 4.79 Å². The number of aromatic nitrogens is 4. The molecule has 1 amide bonds. The number of carbonyl (C=O) groups is 1. The normalized spacial score (nSPS) is 15.1. The highest BCUT2D eigenvalue weighted by atomic mass is 16.5. The molecule has 3 aromatic rings. The summed E-state index contributed by atoms with van der Waals surface area (Å²) in [6, 6.07) is 14.3. The topological polar surface area (TPSA) is 103 Å². The Morgan fingerprint density at radius 1 is 1.16 bits per heavy atom. The standard InChI is InChI=1S/C22H24N6O3/c1-4-13-31-17-11-7-5-9-15(17)20-19(14(2)23-22-25-26-27-28(20)22)21(29)24-16-10-6-8-12-18(16)30-3/h5-12,20H,4,13H2,1-3H3,(H,24,29)(H,23,25,27)/t20-/m0/s1. The van der Waals surface area contributed by atoms with Crippen molar-refractivity contribution >= 4 is 17.5 Å². The predicted octanol–water partition coefficient (Wildman–Crippen LogP) is 3.40. The van der Waals surface area contributed by atoms with Gasteiger partial charge in [0, 0.05) is 11.3 Å². The average molecular weight is 420 g/mol. The van der Waals surface area contributed by atoms with Crippen LogP contribution < -0.4 is 20.1 Å². The largest absolute Gasteiger partial charge is 0.495 e. The quantitative estimate of drug-likeness (QED) is 0.604. The van der Waals surface area contributed by atoms with Crippen LogP contribution in [-0.2, 0) is 4.79 Å². The second-order valence-electron chi connectivity index (χ2n) is 7.05. The molecule has 9 heteroatoms. The third-order valence-electron chi connectivity index (χ3n) is 4.99. The number of tetrazole rings is 1. The molecule has 160 valence electrons. The number of methoxy groups -OCH3 is 1. The Balaban J connectivity index is 1.78. The summed E-state index contributed by atoms with van der Waals surface area (Å²) in [5.74, 6) is 1.44. The van der Waals surface area contributed by atoms with E-state index in [2.05, 4.69) is 26.2 Å². The molecular formula is C22H24N6O3. The summed E-state index contributed by atoms with van der Waals surface area (Å²) in [7, 11) is 1.56. The van der Waals surface area contributed by atoms with E-state index in [-0.39, 0.29) is 5.91 Å². The molecular weight excluding hydrogens is 396 g/mol. The van der Waals surface area contributed by atoms with E-state index in [4.69, 9.17) is 9.47 Å². The molecule has 0 saturated heterocycles. The van der Waals surface area contributed by atoms with E-state index in [0.717, 1.165) is 12.0 Å². The Bertz CT molecular complexity index is 1120. The van der Waals surface area contributed by atoms with E-state index in [9.17, 15) is 4.79 Å². The van der Waals surface area contributed by atoms with Crippen molar-refractivity contribution in [2.75, 3.05) is 24.4 Å². The average Bonchev–Trinajstić information content (AvgIpc) is 3.25. The van der Waals surface area contributed by atoms with Crippen LogP contribution in [-0.4, -0.2) is 39.8 Å². The van der Waals surface area contributed by atoms with Crippen molar-refractivity contribution in [3.8, 4) is 11.5 Å². The number of benzene rings is 2. The van der Waals surface area contributed by atoms with Crippen LogP contribution in [0.25, 0.3) is 0 Å². The maximum atomic E-state index is 13.5. The first kappa shape index (κ1) is 20.4. The zero-order chi connectivity index (χ0) is 21.8. The lowest BCUT2D eigenvalue weighted by molar-refractivity contribution is -0.113. The molecule has 0 bridgehead atoms. The number of anilines is 2. The highest BCUT2D eigenvalue weighted by molar-refractivity contribution is 6.06. The van der Waals surface area contributed by atoms with Crippen LogP contribution in [0.15, 0.2) is 59.8 Å². The first-order chi connectivity index (χ1) is 15.1. The van der Waals surface area contributed by atoms with Gasteiger partial charge in [0.2, 0.25) is 5.95 Å². The van der Waals surface area contributed by atoms with Crippen LogP contribution in [0.1, 0.15) is 31.9 Å². The lowest BCUT2D eigenvalue weighted by Gasteiger charge is -2.29. The van der Waals surface area contributed by atoms with Crippen molar-refractivity contribution in [1.82, 2.24) is 20.2 Å². The minimum Gasteiger partial charge on any atom is -0.495 e. The van der Waals surface area contributed by atoms with Gasteiger partial charge in [0.25, 0.3) is 5.91 Å². The molecule has 9 nitrogen and oxygen atoms in total. The van der Waals surface area contributed by atoms with Crippen LogP contribution in [0.2, 0.25) is 0 Å². The number of allylic oxidation sites excluding steroid dienone is 1. The summed E-state index contributed by atoms with van der Waals surface area (Å²) in [6.45, 7) is 4.44. The highest BCUT2D eigenvalue weighted by Gasteiger charge is 2.35. The summed E-state index contributed by atoms with van der Waals surface area (Å²) in [5, 5.41) is 18.1. The number of amides is 1. The fourth-order valence-electron chi connectivity index (χ4n) is 3.58. The van der Waals surface area contributed by atoms with Gasteiger partial charge in [0.05, 0.1) is 25.0 Å². The Morgan fingerprint density at radius 3 is 2.68 bits per heavy atom. The van der Waals surface area contributed by atoms with Crippen molar-refractivity contribution in [1.29, 1.82) is 0 Å². The molecule has 0 spiro atoms. The summed E-state index contributed by atoms with van der Waals surface area (Å²) in [4.78, 5) is 13.5. The van der Waals surface area contributed by atoms with E-state index in [1.54, 1.807) is 23.9 Å². The summed E-state index contributed by atoms with van der Waals surface area (Å²) >= 11 is 0. The van der Waals surface area contributed by atoms with Crippen molar-refractivity contribution in [2.24, 2.45) is 0 Å². The molecule has 4 rings (SSSR count). The second kappa shape index (κ2) is 8.86. The molecule has 0 aliphatic carbocycles. The molecule has 1 aliphatic rings. The molecule has 31 heavy (non-hydrogen) atoms. The van der Waals surface area contributed by atoms with Gasteiger partial charge in [-0.15, -0.1) is 0 Å². The number of hydrogen-bond donors (Lipinski definition) is 2. The second-order valence-corrected chi connectivity index (χ2v) is 7.05. The van der Waals surface area contributed by atoms with Crippen molar-refractivity contribution in [3.63, 3.8) is 0 Å². The molecule has 0 unspecified atom stereocenters. The van der Waals surface area contributed by atoms with E-state index in [1.165, 1.54) is 0 Å². The molecule has 1 aromatic heterocycles. The van der Waals surface area contributed by atoms with Crippen LogP contribution in [0.4, 0.5) is 11.6 Å². The van der Waals surface area contributed by atoms with Crippen LogP contribution >= 0.6 is 0 Å². The van der Waals surface area contributed by atoms with Gasteiger partial charge in [0.15, 0.2) is 0 Å². The molecule has 0 radical (unpaired) electrons. The molecule has 0 saturated carbocycles. The number of nitrogens with one attached hydrogen (secondary N) is 2. The monoisotopic (exact) mass is 420 g/mol. The zero-order valence-electron chi connectivity index (χ0n) is 17.6. The summed E-state index contributed by atoms with van der Waals surface area (Å²) in [5.41, 5.74) is 2.52. The Kier molecular flexibility index (Phi) is 5.83. The number of rotatable bonds is 7. The van der Waals surface area contributed by atoms with E-state index in [1.807, 2.05) is 50.2 Å². The van der Waals surface area contributed by atoms with Gasteiger partial charge in [0.1, 0.15) is 17.5 Å². The first-order valence-corrected chi connectivity index (χ1v) is 10.1. The van der Waals surface area contributed by atoms with Gasteiger partial charge in [-0.25, -0.2) is 0 Å². The highest BCUT2D eigenvalue weighted by Crippen LogP contribution is 2.39. The lowest BCUT2D eigenvalue weighted by Crippen LogP contribution is -2.32. The smallest absolute Gasteiger partial charge is 0.255 e. The molecule has 2 heterocycles. The van der Waals surface area contributed by atoms with Crippen molar-refractivity contribution in [2.45, 2.75) is 26.3 Å². The fourth-order valence-corrected chi connectivity index (χ4v) is 3.58. The summed E-state index contributed by atoms with van der Waals surface area (Å²) < 4.78 is 12.9. The summed E-state index contributed by atoms with van der Waals surface area (Å²) in [6.07, 6.45) is 0.868. The third-order valence-corrected chi connectivity index (χ3v) is 4.99. The maximum Gasteiger partial charge on any atom is 0.255 e. The molecule has 2 N–H and O–H groups in total. The molecule has 2 aromatic carbocycles. The molecule has 0 fully saturated rings. The molecule has 1 atom stereocenters. The Morgan fingerprint density at radius 2 is 1.90 bits per heavy atom. The number of fused-ring (bicyclic) bond motifs is 1. The number of carbonyl (C=O) groups excluding carboxylic acids is 1. The minimum absolute atomic E-state index is 0.286. The van der Waals surface area contributed by atoms with E-state index in [0.29, 0.717) is 41.0 Å². The Labute approximate surface area is 180 Å². The van der Waals surface area contributed by atoms with E-state index < -0.39 is 6.04 Å². The van der Waals surface area contributed by atoms with Crippen LogP contribution in [0.5, 0.6) is 11.5 Å². The fraction of sp³-hybridized carbons (Fsp3) is 0.273. The van der Waals surface area contributed by atoms with Crippen molar-refractivity contribution in [3.05, 3.63) is 65.4 Å². The van der Waals surface area contributed by atoms with Crippen LogP contribution in [0, 0.1) is 0 Å². The van der Waals surface area contributed by atoms with Gasteiger partial charge in [-0.2, -0.15) is 4.68 Å². The van der Waals surface area contributed by atoms with Crippen LogP contribution in [0.3, 0.4) is 0 Å². The predicted molar refractivity (Wildman–Crippen MR) is 116 cm³/mol. The SMILES string of the molecule is CCCOc1ccccc1[C@H]1C(C(=O)Nc2ccccc2OC)=C(C)Nc2nnnn21. The number of hydrogen-bond acceptors (Lipinski definition) is 7. The van der Waals surface area contributed by atoms with Gasteiger partial charge in [-0.1, -0.05) is 42.4 Å². The van der Waals surface area contributed by atoms with Gasteiger partial charge >= 0.3 is 0 Å². The maximum absolute atomic E-state index is 13.5. The lowest BCUT2D eigenvalue weighted by atomic mass is 9.94. The number of ether oxygens (including phenoxy) is 2. The van der Waals surface area contributed by atoms with E-state index >= 15 is 0 Å². The van der Waals surface area contributed by atoms with Gasteiger partial charge < -0.3 is 20.1 Å². The first-order valence-electron chi connectivity index (χ1n) is 10.1. The van der Waals surface area contributed by atoms with Gasteiger partial charge in [-0.05, 0) is 42.0 Å². The molecule has 1 aliphatic heterocycles. The third kappa shape index (κ3) is 3.94. The minimum atomic E-state index is -0.561. The number of para-hydroxylation sites is 3. The zero-order valence-corrected chi connectivity index (χ0v) is 17.6.